The van der Waals surface area contributed by atoms with Crippen LogP contribution in [0.2, 0.25) is 0 Å². The minimum Gasteiger partial charge on any atom is -0.378 e. The van der Waals surface area contributed by atoms with Crippen molar-refractivity contribution in [2.75, 3.05) is 19.0 Å². The van der Waals surface area contributed by atoms with Crippen LogP contribution in [0, 0.1) is 6.92 Å². The summed E-state index contributed by atoms with van der Waals surface area (Å²) in [5, 5.41) is 11.7. The van der Waals surface area contributed by atoms with Crippen LogP contribution in [0.15, 0.2) is 48.5 Å². The van der Waals surface area contributed by atoms with Crippen LogP contribution in [0.1, 0.15) is 49.1 Å². The number of hydrogen-bond acceptors (Lipinski definition) is 4. The Bertz CT molecular complexity index is 780. The van der Waals surface area contributed by atoms with E-state index < -0.39 is 13.2 Å². The van der Waals surface area contributed by atoms with E-state index >= 15 is 0 Å². The van der Waals surface area contributed by atoms with Gasteiger partial charge in [-0.15, -0.1) is 0 Å². The summed E-state index contributed by atoms with van der Waals surface area (Å²) in [6.45, 7) is 1.99. The van der Waals surface area contributed by atoms with Crippen LogP contribution in [0.3, 0.4) is 0 Å². The molecule has 1 aliphatic carbocycles. The number of rotatable bonds is 6. The number of aliphatic hydroxyl groups is 1. The molecule has 1 saturated carbocycles. The molecular formula is C22H30NO3P. The highest BCUT2D eigenvalue weighted by Gasteiger charge is 2.39. The van der Waals surface area contributed by atoms with E-state index in [1.807, 2.05) is 74.4 Å². The lowest BCUT2D eigenvalue weighted by Crippen LogP contribution is -2.22. The Hall–Kier alpha value is -1.61. The number of nitrogens with zero attached hydrogens (tertiary/aromatic N) is 1. The highest BCUT2D eigenvalue weighted by atomic mass is 31.2. The first-order valence-corrected chi connectivity index (χ1v) is 11.4. The molecule has 0 saturated heterocycles. The fraction of sp³-hybridized carbons (Fsp3) is 0.455. The molecule has 1 fully saturated rings. The minimum absolute atomic E-state index is 0.0572. The summed E-state index contributed by atoms with van der Waals surface area (Å²) < 4.78 is 20.3. The zero-order valence-corrected chi connectivity index (χ0v) is 17.4. The van der Waals surface area contributed by atoms with Crippen molar-refractivity contribution in [2.45, 2.75) is 51.0 Å². The van der Waals surface area contributed by atoms with Gasteiger partial charge in [-0.05, 0) is 49.6 Å². The lowest BCUT2D eigenvalue weighted by Gasteiger charge is -2.31. The average Bonchev–Trinajstić information content (AvgIpc) is 2.69. The summed E-state index contributed by atoms with van der Waals surface area (Å²) in [6, 6.07) is 15.0. The highest BCUT2D eigenvalue weighted by Crippen LogP contribution is 2.59. The van der Waals surface area contributed by atoms with E-state index in [2.05, 4.69) is 0 Å². The molecule has 0 unspecified atom stereocenters. The van der Waals surface area contributed by atoms with Crippen LogP contribution >= 0.6 is 7.37 Å². The first kappa shape index (κ1) is 20.1. The van der Waals surface area contributed by atoms with Crippen molar-refractivity contribution in [1.29, 1.82) is 0 Å². The lowest BCUT2D eigenvalue weighted by molar-refractivity contribution is 0.137. The van der Waals surface area contributed by atoms with Gasteiger partial charge >= 0.3 is 0 Å². The number of aryl methyl sites for hydroxylation is 1. The molecule has 4 nitrogen and oxygen atoms in total. The van der Waals surface area contributed by atoms with Gasteiger partial charge in [-0.3, -0.25) is 4.57 Å². The van der Waals surface area contributed by atoms with Gasteiger partial charge in [0.05, 0.1) is 6.10 Å². The van der Waals surface area contributed by atoms with Gasteiger partial charge in [0.25, 0.3) is 7.37 Å². The van der Waals surface area contributed by atoms with Gasteiger partial charge in [0.2, 0.25) is 0 Å². The fourth-order valence-corrected chi connectivity index (χ4v) is 5.85. The minimum atomic E-state index is -3.48. The predicted octanol–water partition coefficient (Wildman–Crippen LogP) is 5.00. The van der Waals surface area contributed by atoms with E-state index in [-0.39, 0.29) is 6.10 Å². The topological polar surface area (TPSA) is 49.8 Å². The third-order valence-corrected chi connectivity index (χ3v) is 7.85. The van der Waals surface area contributed by atoms with Crippen molar-refractivity contribution < 1.29 is 14.2 Å². The van der Waals surface area contributed by atoms with Gasteiger partial charge in [0, 0.05) is 25.1 Å². The zero-order chi connectivity index (χ0) is 19.4. The normalized spacial score (nSPS) is 18.7. The van der Waals surface area contributed by atoms with E-state index in [1.165, 1.54) is 6.42 Å². The van der Waals surface area contributed by atoms with Gasteiger partial charge in [0.1, 0.15) is 0 Å². The van der Waals surface area contributed by atoms with Crippen LogP contribution in [-0.2, 0) is 9.09 Å². The summed E-state index contributed by atoms with van der Waals surface area (Å²) in [4.78, 5) is 1.99. The highest BCUT2D eigenvalue weighted by molar-refractivity contribution is 7.67. The Morgan fingerprint density at radius 3 is 2.15 bits per heavy atom. The maximum atomic E-state index is 14.1. The second-order valence-electron chi connectivity index (χ2n) is 7.66. The molecule has 2 aromatic carbocycles. The van der Waals surface area contributed by atoms with Crippen LogP contribution in [0.5, 0.6) is 0 Å². The van der Waals surface area contributed by atoms with Gasteiger partial charge < -0.3 is 14.5 Å². The van der Waals surface area contributed by atoms with Crippen LogP contribution in [0.25, 0.3) is 0 Å². The van der Waals surface area contributed by atoms with Crippen LogP contribution < -0.4 is 10.2 Å². The van der Waals surface area contributed by atoms with Crippen LogP contribution in [-0.4, -0.2) is 25.3 Å². The summed E-state index contributed by atoms with van der Waals surface area (Å²) in [6.07, 6.45) is 5.12. The second-order valence-corrected chi connectivity index (χ2v) is 10.1. The molecule has 27 heavy (non-hydrogen) atoms. The summed E-state index contributed by atoms with van der Waals surface area (Å²) in [7, 11) is 0.452. The fourth-order valence-electron chi connectivity index (χ4n) is 3.55. The van der Waals surface area contributed by atoms with E-state index in [9.17, 15) is 9.67 Å². The van der Waals surface area contributed by atoms with E-state index in [1.54, 1.807) is 0 Å². The molecule has 0 heterocycles. The first-order chi connectivity index (χ1) is 12.9. The third-order valence-electron chi connectivity index (χ3n) is 5.28. The average molecular weight is 387 g/mol. The Morgan fingerprint density at radius 2 is 1.59 bits per heavy atom. The Balaban J connectivity index is 1.96. The Labute approximate surface area is 162 Å². The molecule has 0 amide bonds. The SMILES string of the molecule is Cc1ccc([C@H](O)[P@@](=O)(OC2CCCCC2)c2ccc(N(C)C)cc2)cc1. The molecule has 1 N–H and O–H groups in total. The van der Waals surface area contributed by atoms with Crippen molar-refractivity contribution in [3.8, 4) is 0 Å². The standard InChI is InChI=1S/C22H30NO3P/c1-17-9-11-18(12-10-17)22(24)27(25,26-20-7-5-4-6-8-20)21-15-13-19(14-16-21)23(2)3/h9-16,20,22,24H,4-8H2,1-3H3/t22-,27+/m1/s1. The van der Waals surface area contributed by atoms with E-state index in [4.69, 9.17) is 4.52 Å². The Morgan fingerprint density at radius 1 is 1.00 bits per heavy atom. The molecule has 0 bridgehead atoms. The van der Waals surface area contributed by atoms with Gasteiger partial charge in [0.15, 0.2) is 5.85 Å². The summed E-state index contributed by atoms with van der Waals surface area (Å²) >= 11 is 0. The van der Waals surface area contributed by atoms with E-state index in [0.717, 1.165) is 36.9 Å². The molecule has 3 rings (SSSR count). The first-order valence-electron chi connectivity index (χ1n) is 9.71. The summed E-state index contributed by atoms with van der Waals surface area (Å²) in [5.41, 5.74) is 2.76. The maximum Gasteiger partial charge on any atom is 0.264 e. The predicted molar refractivity (Wildman–Crippen MR) is 112 cm³/mol. The smallest absolute Gasteiger partial charge is 0.264 e. The van der Waals surface area contributed by atoms with Crippen molar-refractivity contribution in [1.82, 2.24) is 0 Å². The number of anilines is 1. The molecule has 0 radical (unpaired) electrons. The lowest BCUT2D eigenvalue weighted by atomic mass is 9.98. The molecule has 146 valence electrons. The van der Waals surface area contributed by atoms with Gasteiger partial charge in [-0.1, -0.05) is 49.1 Å². The van der Waals surface area contributed by atoms with Gasteiger partial charge in [-0.2, -0.15) is 0 Å². The van der Waals surface area contributed by atoms with Crippen molar-refractivity contribution in [3.63, 3.8) is 0 Å². The number of aliphatic hydroxyl groups excluding tert-OH is 1. The number of hydrogen-bond donors (Lipinski definition) is 1. The summed E-state index contributed by atoms with van der Waals surface area (Å²) in [5.74, 6) is -1.16. The molecule has 1 aliphatic rings. The molecule has 0 spiro atoms. The largest absolute Gasteiger partial charge is 0.378 e. The monoisotopic (exact) mass is 387 g/mol. The maximum absolute atomic E-state index is 14.1. The quantitative estimate of drug-likeness (QED) is 0.709. The third kappa shape index (κ3) is 4.63. The Kier molecular flexibility index (Phi) is 6.41. The second kappa shape index (κ2) is 8.60. The number of benzene rings is 2. The molecule has 0 aliphatic heterocycles. The molecule has 0 aromatic heterocycles. The molecule has 5 heteroatoms. The van der Waals surface area contributed by atoms with Gasteiger partial charge in [-0.25, -0.2) is 0 Å². The van der Waals surface area contributed by atoms with Crippen molar-refractivity contribution in [2.24, 2.45) is 0 Å². The van der Waals surface area contributed by atoms with Crippen molar-refractivity contribution in [3.05, 3.63) is 59.7 Å². The van der Waals surface area contributed by atoms with E-state index in [0.29, 0.717) is 10.9 Å². The molecular weight excluding hydrogens is 357 g/mol. The zero-order valence-electron chi connectivity index (χ0n) is 16.5. The van der Waals surface area contributed by atoms with Crippen LogP contribution in [0.4, 0.5) is 5.69 Å². The molecule has 2 atom stereocenters. The van der Waals surface area contributed by atoms with Crippen molar-refractivity contribution >= 4 is 18.4 Å². The molecule has 2 aromatic rings.